The summed E-state index contributed by atoms with van der Waals surface area (Å²) in [4.78, 5) is 18.9. The van der Waals surface area contributed by atoms with E-state index in [9.17, 15) is 4.79 Å². The molecule has 0 aliphatic carbocycles. The number of rotatable bonds is 1. The Bertz CT molecular complexity index is 675. The highest BCUT2D eigenvalue weighted by atomic mass is 32.1. The van der Waals surface area contributed by atoms with Crippen LogP contribution in [0.5, 0.6) is 0 Å². The lowest BCUT2D eigenvalue weighted by Gasteiger charge is -2.49. The Morgan fingerprint density at radius 3 is 2.68 bits per heavy atom. The zero-order valence-electron chi connectivity index (χ0n) is 12.6. The molecule has 1 amide bonds. The van der Waals surface area contributed by atoms with E-state index in [2.05, 4.69) is 28.0 Å². The van der Waals surface area contributed by atoms with Crippen LogP contribution >= 0.6 is 11.3 Å². The minimum absolute atomic E-state index is 0.274. The number of fused-ring (bicyclic) bond motifs is 2. The second kappa shape index (κ2) is 4.80. The number of hydrogen-bond acceptors (Lipinski definition) is 3. The second-order valence-corrected chi connectivity index (χ2v) is 8.14. The fourth-order valence-electron chi connectivity index (χ4n) is 4.72. The highest BCUT2D eigenvalue weighted by molar-refractivity contribution is 7.20. The smallest absolute Gasteiger partial charge is 0.264 e. The average molecular weight is 312 g/mol. The Balaban J connectivity index is 1.50. The minimum atomic E-state index is 0.274. The molecule has 3 nitrogen and oxygen atoms in total. The van der Waals surface area contributed by atoms with Crippen molar-refractivity contribution in [2.24, 2.45) is 5.92 Å². The number of benzene rings is 1. The number of hydrogen-bond donors (Lipinski definition) is 0. The molecule has 4 aliphatic heterocycles. The first-order chi connectivity index (χ1) is 10.8. The Morgan fingerprint density at radius 2 is 1.91 bits per heavy atom. The predicted molar refractivity (Wildman–Crippen MR) is 89.4 cm³/mol. The lowest BCUT2D eigenvalue weighted by atomic mass is 9.84. The van der Waals surface area contributed by atoms with Crippen LogP contribution in [0.1, 0.15) is 28.9 Å². The predicted octanol–water partition coefficient (Wildman–Crippen LogP) is 3.21. The quantitative estimate of drug-likeness (QED) is 0.807. The monoisotopic (exact) mass is 312 g/mol. The third-order valence-electron chi connectivity index (χ3n) is 5.66. The molecule has 22 heavy (non-hydrogen) atoms. The zero-order chi connectivity index (χ0) is 14.7. The fourth-order valence-corrected chi connectivity index (χ4v) is 5.72. The van der Waals surface area contributed by atoms with Gasteiger partial charge in [-0.3, -0.25) is 9.69 Å². The van der Waals surface area contributed by atoms with Crippen LogP contribution in [0.15, 0.2) is 30.3 Å². The van der Waals surface area contributed by atoms with Crippen LogP contribution < -0.4 is 0 Å². The summed E-state index contributed by atoms with van der Waals surface area (Å²) in [6.07, 6.45) is 3.76. The van der Waals surface area contributed by atoms with Crippen molar-refractivity contribution in [1.29, 1.82) is 0 Å². The number of carbonyl (C=O) groups excluding carboxylic acids is 1. The first-order valence-corrected chi connectivity index (χ1v) is 9.13. The number of amides is 1. The third-order valence-corrected chi connectivity index (χ3v) is 6.76. The van der Waals surface area contributed by atoms with Crippen LogP contribution in [0.3, 0.4) is 0 Å². The summed E-state index contributed by atoms with van der Waals surface area (Å²) in [5.74, 6) is 1.12. The molecule has 4 fully saturated rings. The minimum Gasteiger partial charge on any atom is -0.329 e. The summed E-state index contributed by atoms with van der Waals surface area (Å²) in [5.41, 5.74) is 0. The van der Waals surface area contributed by atoms with Crippen molar-refractivity contribution in [2.45, 2.75) is 31.3 Å². The summed E-state index contributed by atoms with van der Waals surface area (Å²) in [5, 5.41) is 1.20. The van der Waals surface area contributed by atoms with E-state index in [1.165, 1.54) is 35.9 Å². The number of piperazine rings is 1. The molecule has 0 spiro atoms. The first-order valence-electron chi connectivity index (χ1n) is 8.31. The molecule has 2 aromatic rings. The van der Waals surface area contributed by atoms with Gasteiger partial charge < -0.3 is 4.90 Å². The maximum absolute atomic E-state index is 13.1. The van der Waals surface area contributed by atoms with Crippen molar-refractivity contribution in [2.75, 3.05) is 19.6 Å². The van der Waals surface area contributed by atoms with Crippen LogP contribution in [-0.2, 0) is 0 Å². The van der Waals surface area contributed by atoms with Gasteiger partial charge in [0.05, 0.1) is 4.88 Å². The van der Waals surface area contributed by atoms with E-state index in [0.29, 0.717) is 12.1 Å². The van der Waals surface area contributed by atoms with Gasteiger partial charge in [-0.05, 0) is 49.2 Å². The summed E-state index contributed by atoms with van der Waals surface area (Å²) in [6, 6.07) is 11.3. The van der Waals surface area contributed by atoms with Gasteiger partial charge in [-0.1, -0.05) is 18.2 Å². The molecular weight excluding hydrogens is 292 g/mol. The summed E-state index contributed by atoms with van der Waals surface area (Å²) in [7, 11) is 0. The van der Waals surface area contributed by atoms with Crippen LogP contribution in [0.4, 0.5) is 0 Å². The molecule has 4 aliphatic rings. The van der Waals surface area contributed by atoms with Gasteiger partial charge >= 0.3 is 0 Å². The van der Waals surface area contributed by atoms with Crippen molar-refractivity contribution < 1.29 is 4.79 Å². The fraction of sp³-hybridized carbons (Fsp3) is 0.500. The van der Waals surface area contributed by atoms with Gasteiger partial charge in [0.15, 0.2) is 0 Å². The van der Waals surface area contributed by atoms with Crippen molar-refractivity contribution in [3.63, 3.8) is 0 Å². The van der Waals surface area contributed by atoms with E-state index >= 15 is 0 Å². The second-order valence-electron chi connectivity index (χ2n) is 7.05. The molecule has 4 saturated heterocycles. The van der Waals surface area contributed by atoms with Gasteiger partial charge in [0, 0.05) is 29.9 Å². The lowest BCUT2D eigenvalue weighted by molar-refractivity contribution is 0.00388. The Kier molecular flexibility index (Phi) is 2.86. The van der Waals surface area contributed by atoms with Crippen LogP contribution in [0.25, 0.3) is 10.1 Å². The zero-order valence-corrected chi connectivity index (χ0v) is 13.4. The lowest BCUT2D eigenvalue weighted by Crippen LogP contribution is -2.61. The van der Waals surface area contributed by atoms with Crippen LogP contribution in [0, 0.1) is 5.92 Å². The van der Waals surface area contributed by atoms with E-state index in [-0.39, 0.29) is 5.91 Å². The van der Waals surface area contributed by atoms with E-state index in [1.807, 2.05) is 12.1 Å². The maximum Gasteiger partial charge on any atom is 0.264 e. The molecule has 1 aromatic carbocycles. The number of piperidine rings is 1. The topological polar surface area (TPSA) is 23.6 Å². The molecule has 0 saturated carbocycles. The van der Waals surface area contributed by atoms with Crippen LogP contribution in [0.2, 0.25) is 0 Å². The molecule has 0 N–H and O–H groups in total. The van der Waals surface area contributed by atoms with Crippen molar-refractivity contribution >= 4 is 27.3 Å². The Labute approximate surface area is 134 Å². The number of thiophene rings is 1. The number of nitrogens with zero attached hydrogens (tertiary/aromatic N) is 2. The standard InChI is InChI=1S/C18H20N2OS/c21-18(17-9-13-3-1-2-4-16(13)22-17)20-14-7-12-5-6-19(10-14)11-15(20)8-12/h1-4,9,12,14-15H,5-8,10-11H2. The normalized spacial score (nSPS) is 33.4. The van der Waals surface area contributed by atoms with Gasteiger partial charge in [-0.15, -0.1) is 11.3 Å². The summed E-state index contributed by atoms with van der Waals surface area (Å²) in [6.45, 7) is 3.41. The van der Waals surface area contributed by atoms with Crippen molar-refractivity contribution in [3.8, 4) is 0 Å². The van der Waals surface area contributed by atoms with Gasteiger partial charge in [-0.2, -0.15) is 0 Å². The molecule has 1 aromatic heterocycles. The molecule has 4 heteroatoms. The van der Waals surface area contributed by atoms with E-state index in [0.717, 1.165) is 23.9 Å². The summed E-state index contributed by atoms with van der Waals surface area (Å²) >= 11 is 1.65. The first kappa shape index (κ1) is 13.1. The van der Waals surface area contributed by atoms with Crippen LogP contribution in [-0.4, -0.2) is 47.4 Å². The van der Waals surface area contributed by atoms with E-state index in [1.54, 1.807) is 11.3 Å². The molecule has 114 valence electrons. The maximum atomic E-state index is 13.1. The van der Waals surface area contributed by atoms with Gasteiger partial charge in [0.2, 0.25) is 0 Å². The van der Waals surface area contributed by atoms with E-state index in [4.69, 9.17) is 0 Å². The molecule has 5 heterocycles. The van der Waals surface area contributed by atoms with E-state index < -0.39 is 0 Å². The Hall–Kier alpha value is -1.39. The molecule has 2 unspecified atom stereocenters. The summed E-state index contributed by atoms with van der Waals surface area (Å²) < 4.78 is 1.22. The van der Waals surface area contributed by atoms with Gasteiger partial charge in [0.25, 0.3) is 5.91 Å². The Morgan fingerprint density at radius 1 is 1.14 bits per heavy atom. The molecule has 6 rings (SSSR count). The third kappa shape index (κ3) is 1.94. The molecule has 2 atom stereocenters. The molecular formula is C18H20N2OS. The molecule has 0 radical (unpaired) electrons. The largest absolute Gasteiger partial charge is 0.329 e. The average Bonchev–Trinajstić information content (AvgIpc) is 2.81. The molecule has 4 bridgehead atoms. The highest BCUT2D eigenvalue weighted by Gasteiger charge is 2.45. The highest BCUT2D eigenvalue weighted by Crippen LogP contribution is 2.39. The SMILES string of the molecule is O=C(c1cc2ccccc2s1)N1C2CC3CCN(C2)CC1C3. The van der Waals surface area contributed by atoms with Crippen molar-refractivity contribution in [1.82, 2.24) is 9.80 Å². The number of carbonyl (C=O) groups is 1. The van der Waals surface area contributed by atoms with Gasteiger partial charge in [-0.25, -0.2) is 0 Å². The van der Waals surface area contributed by atoms with Gasteiger partial charge in [0.1, 0.15) is 0 Å². The van der Waals surface area contributed by atoms with Crippen molar-refractivity contribution in [3.05, 3.63) is 35.2 Å².